The molecule has 1 aliphatic rings. The van der Waals surface area contributed by atoms with Crippen molar-refractivity contribution in [1.82, 2.24) is 9.97 Å². The molecule has 0 saturated heterocycles. The van der Waals surface area contributed by atoms with Gasteiger partial charge in [-0.1, -0.05) is 0 Å². The Morgan fingerprint density at radius 2 is 2.06 bits per heavy atom. The lowest BCUT2D eigenvalue weighted by Crippen LogP contribution is -2.32. The average Bonchev–Trinajstić information content (AvgIpc) is 3.14. The van der Waals surface area contributed by atoms with Crippen molar-refractivity contribution in [3.05, 3.63) is 18.1 Å². The number of carboxylic acids is 1. The zero-order valence-corrected chi connectivity index (χ0v) is 9.74. The number of rotatable bonds is 6. The van der Waals surface area contributed by atoms with E-state index in [1.807, 2.05) is 0 Å². The number of amides is 1. The molecule has 0 unspecified atom stereocenters. The highest BCUT2D eigenvalue weighted by atomic mass is 16.4. The van der Waals surface area contributed by atoms with Crippen LogP contribution in [0, 0.1) is 0 Å². The van der Waals surface area contributed by atoms with Crippen molar-refractivity contribution >= 4 is 17.7 Å². The Morgan fingerprint density at radius 1 is 1.39 bits per heavy atom. The van der Waals surface area contributed by atoms with E-state index < -0.39 is 11.9 Å². The van der Waals surface area contributed by atoms with Gasteiger partial charge in [0.2, 0.25) is 0 Å². The summed E-state index contributed by atoms with van der Waals surface area (Å²) in [4.78, 5) is 31.8. The zero-order chi connectivity index (χ0) is 13.1. The first-order valence-corrected chi connectivity index (χ1v) is 5.69. The minimum absolute atomic E-state index is 0.00865. The van der Waals surface area contributed by atoms with E-state index in [4.69, 9.17) is 10.8 Å². The van der Waals surface area contributed by atoms with Gasteiger partial charge in [-0.05, 0) is 12.8 Å². The molecule has 7 heteroatoms. The molecule has 0 aliphatic heterocycles. The van der Waals surface area contributed by atoms with Crippen LogP contribution in [-0.4, -0.2) is 39.5 Å². The fourth-order valence-electron chi connectivity index (χ4n) is 1.78. The molecule has 1 saturated carbocycles. The zero-order valence-electron chi connectivity index (χ0n) is 9.74. The summed E-state index contributed by atoms with van der Waals surface area (Å²) in [6.07, 6.45) is 4.79. The number of carbonyl (C=O) groups excluding carboxylic acids is 1. The topological polar surface area (TPSA) is 109 Å². The van der Waals surface area contributed by atoms with Gasteiger partial charge in [0.05, 0.1) is 6.42 Å². The average molecular weight is 250 g/mol. The van der Waals surface area contributed by atoms with Gasteiger partial charge in [0, 0.05) is 25.0 Å². The first-order chi connectivity index (χ1) is 8.59. The lowest BCUT2D eigenvalue weighted by Gasteiger charge is -2.23. The number of hydrogen-bond acceptors (Lipinski definition) is 5. The van der Waals surface area contributed by atoms with Crippen LogP contribution < -0.4 is 10.6 Å². The molecule has 18 heavy (non-hydrogen) atoms. The van der Waals surface area contributed by atoms with Gasteiger partial charge in [-0.15, -0.1) is 0 Å². The first-order valence-electron chi connectivity index (χ1n) is 5.69. The van der Waals surface area contributed by atoms with Crippen molar-refractivity contribution in [3.63, 3.8) is 0 Å². The first kappa shape index (κ1) is 12.3. The lowest BCUT2D eigenvalue weighted by molar-refractivity contribution is -0.136. The highest BCUT2D eigenvalue weighted by Gasteiger charge is 2.32. The Hall–Kier alpha value is -2.18. The van der Waals surface area contributed by atoms with Crippen molar-refractivity contribution in [1.29, 1.82) is 0 Å². The molecule has 0 bridgehead atoms. The van der Waals surface area contributed by atoms with Crippen molar-refractivity contribution in [2.45, 2.75) is 25.3 Å². The molecule has 7 nitrogen and oxygen atoms in total. The minimum atomic E-state index is -0.884. The molecule has 96 valence electrons. The fourth-order valence-corrected chi connectivity index (χ4v) is 1.78. The Bertz CT molecular complexity index is 473. The molecule has 1 aliphatic carbocycles. The number of nitrogens with two attached hydrogens (primary N) is 1. The van der Waals surface area contributed by atoms with Crippen molar-refractivity contribution in [3.8, 4) is 0 Å². The second-order valence-corrected chi connectivity index (χ2v) is 4.16. The van der Waals surface area contributed by atoms with E-state index in [1.165, 1.54) is 12.4 Å². The van der Waals surface area contributed by atoms with Gasteiger partial charge in [0.25, 0.3) is 5.91 Å². The Balaban J connectivity index is 2.24. The molecule has 1 fully saturated rings. The summed E-state index contributed by atoms with van der Waals surface area (Å²) < 4.78 is 0. The van der Waals surface area contributed by atoms with Gasteiger partial charge in [-0.3, -0.25) is 9.59 Å². The van der Waals surface area contributed by atoms with E-state index in [-0.39, 0.29) is 18.2 Å². The number of carboxylic acid groups (broad SMARTS) is 1. The summed E-state index contributed by atoms with van der Waals surface area (Å²) in [7, 11) is 0. The van der Waals surface area contributed by atoms with E-state index in [0.29, 0.717) is 12.4 Å². The molecular weight excluding hydrogens is 236 g/mol. The Morgan fingerprint density at radius 3 is 2.61 bits per heavy atom. The standard InChI is InChI=1S/C11H14N4O3/c12-10(18)9-11(14-5-4-13-9)15(7-1-2-7)6-3-8(16)17/h4-5,7H,1-3,6H2,(H2,12,18)(H,16,17). The highest BCUT2D eigenvalue weighted by Crippen LogP contribution is 2.31. The normalized spacial score (nSPS) is 14.2. The van der Waals surface area contributed by atoms with E-state index in [0.717, 1.165) is 12.8 Å². The molecule has 1 amide bonds. The quantitative estimate of drug-likeness (QED) is 0.736. The second kappa shape index (κ2) is 4.99. The molecule has 0 aromatic carbocycles. The minimum Gasteiger partial charge on any atom is -0.481 e. The second-order valence-electron chi connectivity index (χ2n) is 4.16. The summed E-state index contributed by atoms with van der Waals surface area (Å²) in [5.74, 6) is -1.15. The van der Waals surface area contributed by atoms with Crippen LogP contribution in [-0.2, 0) is 4.79 Å². The predicted molar refractivity (Wildman–Crippen MR) is 63.2 cm³/mol. The third-order valence-corrected chi connectivity index (χ3v) is 2.74. The van der Waals surface area contributed by atoms with Gasteiger partial charge in [0.1, 0.15) is 0 Å². The summed E-state index contributed by atoms with van der Waals surface area (Å²) in [5.41, 5.74) is 5.34. The van der Waals surface area contributed by atoms with Crippen LogP contribution in [0.1, 0.15) is 29.8 Å². The van der Waals surface area contributed by atoms with Crippen LogP contribution in [0.25, 0.3) is 0 Å². The van der Waals surface area contributed by atoms with Gasteiger partial charge >= 0.3 is 5.97 Å². The van der Waals surface area contributed by atoms with Crippen LogP contribution >= 0.6 is 0 Å². The van der Waals surface area contributed by atoms with E-state index in [2.05, 4.69) is 9.97 Å². The van der Waals surface area contributed by atoms with Crippen LogP contribution in [0.15, 0.2) is 12.4 Å². The maximum absolute atomic E-state index is 11.3. The molecular formula is C11H14N4O3. The number of aliphatic carboxylic acids is 1. The monoisotopic (exact) mass is 250 g/mol. The van der Waals surface area contributed by atoms with Gasteiger partial charge in [-0.25, -0.2) is 9.97 Å². The van der Waals surface area contributed by atoms with Crippen molar-refractivity contribution in [2.24, 2.45) is 5.73 Å². The molecule has 0 spiro atoms. The largest absolute Gasteiger partial charge is 0.481 e. The number of hydrogen-bond donors (Lipinski definition) is 2. The highest BCUT2D eigenvalue weighted by molar-refractivity contribution is 5.95. The van der Waals surface area contributed by atoms with E-state index >= 15 is 0 Å². The third kappa shape index (κ3) is 2.73. The number of nitrogens with zero attached hydrogens (tertiary/aromatic N) is 3. The molecule has 1 aromatic heterocycles. The fraction of sp³-hybridized carbons (Fsp3) is 0.455. The van der Waals surface area contributed by atoms with E-state index in [9.17, 15) is 9.59 Å². The number of carbonyl (C=O) groups is 2. The summed E-state index contributed by atoms with van der Waals surface area (Å²) in [6.45, 7) is 0.305. The summed E-state index contributed by atoms with van der Waals surface area (Å²) >= 11 is 0. The number of aromatic nitrogens is 2. The maximum Gasteiger partial charge on any atom is 0.305 e. The number of anilines is 1. The molecule has 3 N–H and O–H groups in total. The van der Waals surface area contributed by atoms with Crippen LogP contribution in [0.2, 0.25) is 0 Å². The Labute approximate surface area is 104 Å². The molecule has 0 atom stereocenters. The molecule has 0 radical (unpaired) electrons. The third-order valence-electron chi connectivity index (χ3n) is 2.74. The summed E-state index contributed by atoms with van der Waals surface area (Å²) in [6, 6.07) is 0.235. The van der Waals surface area contributed by atoms with E-state index in [1.54, 1.807) is 4.90 Å². The van der Waals surface area contributed by atoms with Gasteiger partial charge in [-0.2, -0.15) is 0 Å². The maximum atomic E-state index is 11.3. The molecule has 1 heterocycles. The summed E-state index contributed by atoms with van der Waals surface area (Å²) in [5, 5.41) is 8.74. The van der Waals surface area contributed by atoms with Crippen molar-refractivity contribution in [2.75, 3.05) is 11.4 Å². The lowest BCUT2D eigenvalue weighted by atomic mass is 10.3. The van der Waals surface area contributed by atoms with Gasteiger partial charge in [0.15, 0.2) is 11.5 Å². The smallest absolute Gasteiger partial charge is 0.305 e. The number of primary amides is 1. The SMILES string of the molecule is NC(=O)c1nccnc1N(CCC(=O)O)C1CC1. The molecule has 1 aromatic rings. The predicted octanol–water partition coefficient (Wildman–Crippen LogP) is 0.0190. The van der Waals surface area contributed by atoms with Crippen LogP contribution in [0.3, 0.4) is 0 Å². The van der Waals surface area contributed by atoms with Gasteiger partial charge < -0.3 is 15.7 Å². The van der Waals surface area contributed by atoms with Crippen LogP contribution in [0.5, 0.6) is 0 Å². The van der Waals surface area contributed by atoms with Crippen molar-refractivity contribution < 1.29 is 14.7 Å². The Kier molecular flexibility index (Phi) is 3.40. The molecule has 2 rings (SSSR count). The van der Waals surface area contributed by atoms with Crippen LogP contribution in [0.4, 0.5) is 5.82 Å².